The monoisotopic (exact) mass is 328 g/mol. The largest absolute Gasteiger partial charge is 0.497 e. The summed E-state index contributed by atoms with van der Waals surface area (Å²) in [4.78, 5) is 12.0. The van der Waals surface area contributed by atoms with Gasteiger partial charge in [0, 0.05) is 12.6 Å². The maximum absolute atomic E-state index is 12.0. The fourth-order valence-electron chi connectivity index (χ4n) is 2.33. The van der Waals surface area contributed by atoms with Crippen LogP contribution in [0.15, 0.2) is 42.5 Å². The molecule has 0 aliphatic carbocycles. The highest BCUT2D eigenvalue weighted by Crippen LogP contribution is 2.28. The summed E-state index contributed by atoms with van der Waals surface area (Å²) in [5, 5.41) is 5.64. The van der Waals surface area contributed by atoms with Crippen molar-refractivity contribution in [3.63, 3.8) is 0 Å². The van der Waals surface area contributed by atoms with Gasteiger partial charge in [-0.3, -0.25) is 0 Å². The van der Waals surface area contributed by atoms with E-state index in [1.807, 2.05) is 0 Å². The van der Waals surface area contributed by atoms with Crippen molar-refractivity contribution in [3.05, 3.63) is 53.6 Å². The van der Waals surface area contributed by atoms with Gasteiger partial charge >= 0.3 is 6.03 Å². The van der Waals surface area contributed by atoms with Crippen molar-refractivity contribution >= 4 is 11.7 Å². The second-order valence-corrected chi connectivity index (χ2v) is 5.37. The molecule has 5 heteroatoms. The van der Waals surface area contributed by atoms with Crippen LogP contribution in [0.25, 0.3) is 0 Å². The van der Waals surface area contributed by atoms with Crippen LogP contribution in [0.1, 0.15) is 18.1 Å². The van der Waals surface area contributed by atoms with Crippen molar-refractivity contribution in [1.29, 1.82) is 0 Å². The zero-order valence-electron chi connectivity index (χ0n) is 14.4. The van der Waals surface area contributed by atoms with Crippen molar-refractivity contribution < 1.29 is 14.3 Å². The van der Waals surface area contributed by atoms with Gasteiger partial charge in [-0.25, -0.2) is 4.79 Å². The van der Waals surface area contributed by atoms with Crippen molar-refractivity contribution in [1.82, 2.24) is 5.32 Å². The molecule has 2 amide bonds. The van der Waals surface area contributed by atoms with Crippen LogP contribution in [0, 0.1) is 0 Å². The van der Waals surface area contributed by atoms with E-state index in [1.165, 1.54) is 11.1 Å². The Hall–Kier alpha value is -2.69. The Kier molecular flexibility index (Phi) is 6.49. The van der Waals surface area contributed by atoms with E-state index in [0.717, 1.165) is 12.8 Å². The van der Waals surface area contributed by atoms with Crippen molar-refractivity contribution in [2.45, 2.75) is 19.8 Å². The summed E-state index contributed by atoms with van der Waals surface area (Å²) in [6, 6.07) is 13.4. The number of aryl methyl sites for hydroxylation is 1. The lowest BCUT2D eigenvalue weighted by atomic mass is 10.1. The van der Waals surface area contributed by atoms with Gasteiger partial charge < -0.3 is 20.1 Å². The number of carbonyl (C=O) groups is 1. The summed E-state index contributed by atoms with van der Waals surface area (Å²) in [6.07, 6.45) is 1.82. The molecule has 0 saturated heterocycles. The molecule has 2 rings (SSSR count). The molecule has 0 aromatic heterocycles. The van der Waals surface area contributed by atoms with Gasteiger partial charge in [0.05, 0.1) is 19.9 Å². The number of urea groups is 1. The summed E-state index contributed by atoms with van der Waals surface area (Å²) >= 11 is 0. The first-order valence-corrected chi connectivity index (χ1v) is 8.01. The molecular weight excluding hydrogens is 304 g/mol. The van der Waals surface area contributed by atoms with Crippen molar-refractivity contribution in [3.8, 4) is 11.5 Å². The second-order valence-electron chi connectivity index (χ2n) is 5.37. The second kappa shape index (κ2) is 8.82. The zero-order valence-corrected chi connectivity index (χ0v) is 14.4. The van der Waals surface area contributed by atoms with Crippen LogP contribution in [-0.4, -0.2) is 26.8 Å². The lowest BCUT2D eigenvalue weighted by Gasteiger charge is -2.12. The number of nitrogens with one attached hydrogen (secondary N) is 2. The Morgan fingerprint density at radius 3 is 2.33 bits per heavy atom. The summed E-state index contributed by atoms with van der Waals surface area (Å²) in [7, 11) is 3.14. The molecule has 128 valence electrons. The number of methoxy groups -OCH3 is 2. The van der Waals surface area contributed by atoms with Crippen LogP contribution in [0.4, 0.5) is 10.5 Å². The molecule has 2 N–H and O–H groups in total. The van der Waals surface area contributed by atoms with Crippen molar-refractivity contribution in [2.75, 3.05) is 26.1 Å². The molecule has 0 aliphatic rings. The SMILES string of the molecule is CCc1ccc(CCNC(=O)Nc2ccc(OC)cc2OC)cc1. The van der Waals surface area contributed by atoms with Gasteiger partial charge in [0.2, 0.25) is 0 Å². The topological polar surface area (TPSA) is 59.6 Å². The van der Waals surface area contributed by atoms with Gasteiger partial charge in [0.1, 0.15) is 11.5 Å². The summed E-state index contributed by atoms with van der Waals surface area (Å²) < 4.78 is 10.4. The predicted molar refractivity (Wildman–Crippen MR) is 96.1 cm³/mol. The number of benzene rings is 2. The number of hydrogen-bond donors (Lipinski definition) is 2. The Labute approximate surface area is 143 Å². The molecule has 2 aromatic rings. The molecule has 0 saturated carbocycles. The van der Waals surface area contributed by atoms with Gasteiger partial charge in [-0.05, 0) is 36.1 Å². The summed E-state index contributed by atoms with van der Waals surface area (Å²) in [5.74, 6) is 1.23. The van der Waals surface area contributed by atoms with Crippen LogP contribution < -0.4 is 20.1 Å². The molecule has 0 aliphatic heterocycles. The minimum absolute atomic E-state index is 0.261. The highest BCUT2D eigenvalue weighted by atomic mass is 16.5. The van der Waals surface area contributed by atoms with E-state index in [-0.39, 0.29) is 6.03 Å². The number of carbonyl (C=O) groups excluding carboxylic acids is 1. The van der Waals surface area contributed by atoms with Gasteiger partial charge in [-0.1, -0.05) is 31.2 Å². The Balaban J connectivity index is 1.84. The number of amides is 2. The Morgan fingerprint density at radius 2 is 1.71 bits per heavy atom. The molecule has 0 unspecified atom stereocenters. The molecule has 0 spiro atoms. The lowest BCUT2D eigenvalue weighted by Crippen LogP contribution is -2.30. The maximum atomic E-state index is 12.0. The van der Waals surface area contributed by atoms with Crippen molar-refractivity contribution in [2.24, 2.45) is 0 Å². The lowest BCUT2D eigenvalue weighted by molar-refractivity contribution is 0.252. The van der Waals surface area contributed by atoms with Gasteiger partial charge in [0.25, 0.3) is 0 Å². The Morgan fingerprint density at radius 1 is 1.00 bits per heavy atom. The Bertz CT molecular complexity index is 669. The molecule has 5 nitrogen and oxygen atoms in total. The third-order valence-electron chi connectivity index (χ3n) is 3.79. The molecule has 0 radical (unpaired) electrons. The summed E-state index contributed by atoms with van der Waals surface area (Å²) in [5.41, 5.74) is 3.12. The first-order valence-electron chi connectivity index (χ1n) is 8.01. The van der Waals surface area contributed by atoms with E-state index < -0.39 is 0 Å². The van der Waals surface area contributed by atoms with Crippen LogP contribution in [-0.2, 0) is 12.8 Å². The van der Waals surface area contributed by atoms with E-state index in [9.17, 15) is 4.79 Å². The van der Waals surface area contributed by atoms with E-state index in [4.69, 9.17) is 9.47 Å². The normalized spacial score (nSPS) is 10.1. The highest BCUT2D eigenvalue weighted by Gasteiger charge is 2.08. The third kappa shape index (κ3) is 4.91. The third-order valence-corrected chi connectivity index (χ3v) is 3.79. The molecule has 0 bridgehead atoms. The molecule has 0 heterocycles. The number of ether oxygens (including phenoxy) is 2. The van der Waals surface area contributed by atoms with Crippen LogP contribution in [0.2, 0.25) is 0 Å². The van der Waals surface area contributed by atoms with E-state index in [2.05, 4.69) is 41.8 Å². The maximum Gasteiger partial charge on any atom is 0.319 e. The molecular formula is C19H24N2O3. The van der Waals surface area contributed by atoms with Gasteiger partial charge in [0.15, 0.2) is 0 Å². The van der Waals surface area contributed by atoms with E-state index in [0.29, 0.717) is 23.7 Å². The highest BCUT2D eigenvalue weighted by molar-refractivity contribution is 5.91. The first kappa shape index (κ1) is 17.7. The van der Waals surface area contributed by atoms with Crippen LogP contribution >= 0.6 is 0 Å². The quantitative estimate of drug-likeness (QED) is 0.816. The minimum Gasteiger partial charge on any atom is -0.497 e. The van der Waals surface area contributed by atoms with Gasteiger partial charge in [-0.15, -0.1) is 0 Å². The molecule has 24 heavy (non-hydrogen) atoms. The van der Waals surface area contributed by atoms with Crippen LogP contribution in [0.5, 0.6) is 11.5 Å². The van der Waals surface area contributed by atoms with Crippen LogP contribution in [0.3, 0.4) is 0 Å². The fourth-order valence-corrected chi connectivity index (χ4v) is 2.33. The smallest absolute Gasteiger partial charge is 0.319 e. The zero-order chi connectivity index (χ0) is 17.4. The number of hydrogen-bond acceptors (Lipinski definition) is 3. The fraction of sp³-hybridized carbons (Fsp3) is 0.316. The number of anilines is 1. The molecule has 2 aromatic carbocycles. The molecule has 0 fully saturated rings. The summed E-state index contributed by atoms with van der Waals surface area (Å²) in [6.45, 7) is 2.70. The first-order chi connectivity index (χ1) is 11.7. The standard InChI is InChI=1S/C19H24N2O3/c1-4-14-5-7-15(8-6-14)11-12-20-19(22)21-17-10-9-16(23-2)13-18(17)24-3/h5-10,13H,4,11-12H2,1-3H3,(H2,20,21,22). The number of rotatable bonds is 7. The average molecular weight is 328 g/mol. The van der Waals surface area contributed by atoms with Gasteiger partial charge in [-0.2, -0.15) is 0 Å². The average Bonchev–Trinajstić information content (AvgIpc) is 2.62. The van der Waals surface area contributed by atoms with E-state index >= 15 is 0 Å². The molecule has 0 atom stereocenters. The van der Waals surface area contributed by atoms with E-state index in [1.54, 1.807) is 32.4 Å². The predicted octanol–water partition coefficient (Wildman–Crippen LogP) is 3.63. The minimum atomic E-state index is -0.261.